The van der Waals surface area contributed by atoms with Crippen molar-refractivity contribution in [3.8, 4) is 11.5 Å². The van der Waals surface area contributed by atoms with Gasteiger partial charge >= 0.3 is 5.97 Å². The van der Waals surface area contributed by atoms with Gasteiger partial charge in [0, 0.05) is 6.04 Å². The second kappa shape index (κ2) is 8.39. The summed E-state index contributed by atoms with van der Waals surface area (Å²) in [4.78, 5) is 26.9. The molecule has 28 heavy (non-hydrogen) atoms. The zero-order chi connectivity index (χ0) is 19.5. The van der Waals surface area contributed by atoms with Crippen LogP contribution in [0.25, 0.3) is 0 Å². The highest BCUT2D eigenvalue weighted by molar-refractivity contribution is 5.81. The van der Waals surface area contributed by atoms with Crippen LogP contribution in [-0.2, 0) is 14.3 Å². The zero-order valence-electron chi connectivity index (χ0n) is 16.3. The summed E-state index contributed by atoms with van der Waals surface area (Å²) in [7, 11) is 1.42. The minimum atomic E-state index is -0.315. The summed E-state index contributed by atoms with van der Waals surface area (Å²) in [5, 5.41) is 2.95. The van der Waals surface area contributed by atoms with E-state index in [2.05, 4.69) is 10.2 Å². The standard InChI is InChI=1S/C21H28N2O5/c1-26-21(25)17-10-14-6-2-3-7-16(14)23(17)12-20(24)22-11-15-13-27-18-8-4-5-9-19(18)28-15/h4-5,8-9,14-17H,2-3,6-7,10-13H2,1H3,(H,22,24)/t14-,15+,16-,17-/m0/s1. The summed E-state index contributed by atoms with van der Waals surface area (Å²) in [5.74, 6) is 1.58. The molecule has 4 rings (SSSR count). The van der Waals surface area contributed by atoms with Crippen LogP contribution in [0.3, 0.4) is 0 Å². The number of methoxy groups -OCH3 is 1. The molecule has 1 aromatic rings. The van der Waals surface area contributed by atoms with Crippen molar-refractivity contribution < 1.29 is 23.8 Å². The number of nitrogens with one attached hydrogen (secondary N) is 1. The lowest BCUT2D eigenvalue weighted by atomic mass is 9.85. The van der Waals surface area contributed by atoms with Crippen molar-refractivity contribution in [3.63, 3.8) is 0 Å². The lowest BCUT2D eigenvalue weighted by Crippen LogP contribution is -2.49. The third-order valence-corrected chi connectivity index (χ3v) is 6.12. The van der Waals surface area contributed by atoms with Crippen LogP contribution in [0.5, 0.6) is 11.5 Å². The molecule has 3 aliphatic rings. The summed E-state index contributed by atoms with van der Waals surface area (Å²) in [6.07, 6.45) is 5.09. The molecule has 1 aliphatic carbocycles. The quantitative estimate of drug-likeness (QED) is 0.775. The number of fused-ring (bicyclic) bond motifs is 2. The topological polar surface area (TPSA) is 77.1 Å². The lowest BCUT2D eigenvalue weighted by Gasteiger charge is -2.33. The number of esters is 1. The molecule has 0 aromatic heterocycles. The third kappa shape index (κ3) is 3.94. The van der Waals surface area contributed by atoms with Gasteiger partial charge in [-0.3, -0.25) is 14.5 Å². The Bertz CT molecular complexity index is 725. The molecule has 7 heteroatoms. The van der Waals surface area contributed by atoms with E-state index in [0.29, 0.717) is 30.9 Å². The number of para-hydroxylation sites is 2. The van der Waals surface area contributed by atoms with Crippen LogP contribution in [0.4, 0.5) is 0 Å². The maximum Gasteiger partial charge on any atom is 0.323 e. The largest absolute Gasteiger partial charge is 0.486 e. The van der Waals surface area contributed by atoms with Crippen molar-refractivity contribution in [2.45, 2.75) is 50.3 Å². The van der Waals surface area contributed by atoms with Gasteiger partial charge in [0.25, 0.3) is 0 Å². The van der Waals surface area contributed by atoms with Crippen molar-refractivity contribution in [1.82, 2.24) is 10.2 Å². The molecule has 152 valence electrons. The lowest BCUT2D eigenvalue weighted by molar-refractivity contribution is -0.146. The van der Waals surface area contributed by atoms with E-state index in [1.807, 2.05) is 24.3 Å². The Morgan fingerprint density at radius 2 is 2.00 bits per heavy atom. The van der Waals surface area contributed by atoms with Gasteiger partial charge in [0.1, 0.15) is 18.8 Å². The molecule has 1 N–H and O–H groups in total. The summed E-state index contributed by atoms with van der Waals surface area (Å²) in [5.41, 5.74) is 0. The van der Waals surface area contributed by atoms with Crippen molar-refractivity contribution >= 4 is 11.9 Å². The molecule has 1 saturated carbocycles. The first-order valence-corrected chi connectivity index (χ1v) is 10.1. The summed E-state index contributed by atoms with van der Waals surface area (Å²) in [6.45, 7) is 0.986. The fraction of sp³-hybridized carbons (Fsp3) is 0.619. The number of ether oxygens (including phenoxy) is 3. The number of carbonyl (C=O) groups excluding carboxylic acids is 2. The van der Waals surface area contributed by atoms with Gasteiger partial charge in [-0.15, -0.1) is 0 Å². The number of benzene rings is 1. The maximum absolute atomic E-state index is 12.6. The molecule has 7 nitrogen and oxygen atoms in total. The average Bonchev–Trinajstić information content (AvgIpc) is 3.10. The first-order chi connectivity index (χ1) is 13.7. The van der Waals surface area contributed by atoms with E-state index < -0.39 is 0 Å². The molecule has 1 saturated heterocycles. The molecule has 0 radical (unpaired) electrons. The van der Waals surface area contributed by atoms with Gasteiger partial charge in [-0.2, -0.15) is 0 Å². The Hall–Kier alpha value is -2.28. The maximum atomic E-state index is 12.6. The molecule has 1 amide bonds. The van der Waals surface area contributed by atoms with Gasteiger partial charge in [-0.1, -0.05) is 25.0 Å². The van der Waals surface area contributed by atoms with E-state index in [4.69, 9.17) is 14.2 Å². The smallest absolute Gasteiger partial charge is 0.323 e. The van der Waals surface area contributed by atoms with Gasteiger partial charge in [-0.05, 0) is 37.3 Å². The normalized spacial score (nSPS) is 29.0. The van der Waals surface area contributed by atoms with Crippen molar-refractivity contribution in [1.29, 1.82) is 0 Å². The Morgan fingerprint density at radius 3 is 2.82 bits per heavy atom. The molecule has 2 fully saturated rings. The number of hydrogen-bond acceptors (Lipinski definition) is 6. The van der Waals surface area contributed by atoms with Crippen LogP contribution in [0.1, 0.15) is 32.1 Å². The third-order valence-electron chi connectivity index (χ3n) is 6.12. The van der Waals surface area contributed by atoms with Gasteiger partial charge in [-0.25, -0.2) is 0 Å². The monoisotopic (exact) mass is 388 g/mol. The number of carbonyl (C=O) groups is 2. The molecule has 4 atom stereocenters. The Labute approximate surface area is 165 Å². The predicted molar refractivity (Wildman–Crippen MR) is 102 cm³/mol. The molecular weight excluding hydrogens is 360 g/mol. The number of likely N-dealkylation sites (tertiary alicyclic amines) is 1. The highest BCUT2D eigenvalue weighted by Crippen LogP contribution is 2.39. The number of nitrogens with zero attached hydrogens (tertiary/aromatic N) is 1. The van der Waals surface area contributed by atoms with Crippen molar-refractivity contribution in [2.24, 2.45) is 5.92 Å². The number of hydrogen-bond donors (Lipinski definition) is 1. The van der Waals surface area contributed by atoms with E-state index >= 15 is 0 Å². The average molecular weight is 388 g/mol. The van der Waals surface area contributed by atoms with Crippen LogP contribution < -0.4 is 14.8 Å². The van der Waals surface area contributed by atoms with Crippen molar-refractivity contribution in [2.75, 3.05) is 26.8 Å². The SMILES string of the molecule is COC(=O)[C@@H]1C[C@@H]2CCCC[C@@H]2N1CC(=O)NC[C@@H]1COc2ccccc2O1. The fourth-order valence-electron chi connectivity index (χ4n) is 4.76. The second-order valence-electron chi connectivity index (χ2n) is 7.86. The highest BCUT2D eigenvalue weighted by atomic mass is 16.6. The van der Waals surface area contributed by atoms with E-state index in [0.717, 1.165) is 31.4 Å². The van der Waals surface area contributed by atoms with Gasteiger partial charge < -0.3 is 19.5 Å². The van der Waals surface area contributed by atoms with E-state index in [9.17, 15) is 9.59 Å². The molecular formula is C21H28N2O5. The summed E-state index contributed by atoms with van der Waals surface area (Å²) >= 11 is 0. The van der Waals surface area contributed by atoms with E-state index in [1.165, 1.54) is 13.5 Å². The zero-order valence-corrected chi connectivity index (χ0v) is 16.3. The molecule has 2 heterocycles. The minimum Gasteiger partial charge on any atom is -0.486 e. The van der Waals surface area contributed by atoms with Gasteiger partial charge in [0.2, 0.25) is 5.91 Å². The number of rotatable bonds is 5. The van der Waals surface area contributed by atoms with Crippen LogP contribution in [0.15, 0.2) is 24.3 Å². The second-order valence-corrected chi connectivity index (χ2v) is 7.86. The first kappa shape index (κ1) is 19.1. The van der Waals surface area contributed by atoms with Gasteiger partial charge in [0.15, 0.2) is 11.5 Å². The van der Waals surface area contributed by atoms with Crippen LogP contribution in [0.2, 0.25) is 0 Å². The Kier molecular flexibility index (Phi) is 5.71. The van der Waals surface area contributed by atoms with Crippen molar-refractivity contribution in [3.05, 3.63) is 24.3 Å². The highest BCUT2D eigenvalue weighted by Gasteiger charge is 2.46. The summed E-state index contributed by atoms with van der Waals surface area (Å²) in [6, 6.07) is 7.50. The van der Waals surface area contributed by atoms with Crippen LogP contribution in [-0.4, -0.2) is 61.8 Å². The first-order valence-electron chi connectivity index (χ1n) is 10.1. The van der Waals surface area contributed by atoms with Crippen LogP contribution >= 0.6 is 0 Å². The predicted octanol–water partition coefficient (Wildman–Crippen LogP) is 1.75. The van der Waals surface area contributed by atoms with E-state index in [-0.39, 0.29) is 30.6 Å². The Balaban J connectivity index is 1.33. The number of amides is 1. The molecule has 0 bridgehead atoms. The van der Waals surface area contributed by atoms with Crippen LogP contribution in [0, 0.1) is 5.92 Å². The molecule has 2 aliphatic heterocycles. The van der Waals surface area contributed by atoms with E-state index in [1.54, 1.807) is 0 Å². The molecule has 1 aromatic carbocycles. The minimum absolute atomic E-state index is 0.0948. The fourth-order valence-corrected chi connectivity index (χ4v) is 4.76. The molecule has 0 unspecified atom stereocenters. The Morgan fingerprint density at radius 1 is 1.21 bits per heavy atom. The van der Waals surface area contributed by atoms with Gasteiger partial charge in [0.05, 0.1) is 20.2 Å². The molecule has 0 spiro atoms. The summed E-state index contributed by atoms with van der Waals surface area (Å²) < 4.78 is 16.6.